The second-order valence-electron chi connectivity index (χ2n) is 6.24. The lowest BCUT2D eigenvalue weighted by atomic mass is 9.87. The van der Waals surface area contributed by atoms with Gasteiger partial charge in [-0.1, -0.05) is 26.7 Å². The van der Waals surface area contributed by atoms with Crippen molar-refractivity contribution in [3.8, 4) is 0 Å². The van der Waals surface area contributed by atoms with Crippen molar-refractivity contribution in [1.82, 2.24) is 4.90 Å². The first kappa shape index (κ1) is 12.1. The summed E-state index contributed by atoms with van der Waals surface area (Å²) in [5.41, 5.74) is 0.0114. The molecule has 0 amide bonds. The number of carbonyl (C=O) groups is 1. The van der Waals surface area contributed by atoms with E-state index in [1.165, 1.54) is 38.5 Å². The molecule has 0 radical (unpaired) electrons. The van der Waals surface area contributed by atoms with Gasteiger partial charge in [0.1, 0.15) is 6.29 Å². The van der Waals surface area contributed by atoms with Gasteiger partial charge in [0.05, 0.1) is 0 Å². The van der Waals surface area contributed by atoms with Crippen LogP contribution in [0.15, 0.2) is 0 Å². The molecule has 0 heterocycles. The molecule has 0 aromatic rings. The minimum atomic E-state index is 0.0114. The van der Waals surface area contributed by atoms with Crippen molar-refractivity contribution >= 4 is 6.29 Å². The molecule has 0 aromatic carbocycles. The highest BCUT2D eigenvalue weighted by Crippen LogP contribution is 2.39. The third kappa shape index (κ3) is 2.85. The van der Waals surface area contributed by atoms with Crippen LogP contribution < -0.4 is 0 Å². The molecule has 2 aliphatic rings. The van der Waals surface area contributed by atoms with E-state index in [0.29, 0.717) is 5.92 Å². The Morgan fingerprint density at radius 3 is 2.38 bits per heavy atom. The molecule has 0 bridgehead atoms. The number of hydrogen-bond acceptors (Lipinski definition) is 2. The van der Waals surface area contributed by atoms with Gasteiger partial charge in [-0.05, 0) is 31.6 Å². The molecule has 0 N–H and O–H groups in total. The van der Waals surface area contributed by atoms with E-state index in [2.05, 4.69) is 18.7 Å². The van der Waals surface area contributed by atoms with Gasteiger partial charge in [-0.15, -0.1) is 0 Å². The Bertz CT molecular complexity index is 239. The molecule has 0 aliphatic heterocycles. The summed E-state index contributed by atoms with van der Waals surface area (Å²) in [6.07, 6.45) is 8.70. The van der Waals surface area contributed by atoms with Gasteiger partial charge >= 0.3 is 0 Å². The van der Waals surface area contributed by atoms with E-state index in [0.717, 1.165) is 25.4 Å². The van der Waals surface area contributed by atoms with Crippen molar-refractivity contribution < 1.29 is 4.79 Å². The van der Waals surface area contributed by atoms with E-state index < -0.39 is 0 Å². The average molecular weight is 223 g/mol. The highest BCUT2D eigenvalue weighted by molar-refractivity contribution is 5.60. The third-order valence-corrected chi connectivity index (χ3v) is 4.03. The fourth-order valence-corrected chi connectivity index (χ4v) is 3.05. The van der Waals surface area contributed by atoms with Crippen molar-refractivity contribution in [2.24, 2.45) is 11.3 Å². The summed E-state index contributed by atoms with van der Waals surface area (Å²) in [6.45, 7) is 6.74. The molecule has 0 unspecified atom stereocenters. The molecule has 2 heteroatoms. The van der Waals surface area contributed by atoms with Crippen molar-refractivity contribution in [3.05, 3.63) is 0 Å². The SMILES string of the molecule is CC(C)CN(CC1(C=O)CCCC1)C1CC1. The fraction of sp³-hybridized carbons (Fsp3) is 0.929. The molecule has 0 aromatic heterocycles. The number of carbonyl (C=O) groups excluding carboxylic acids is 1. The van der Waals surface area contributed by atoms with Crippen molar-refractivity contribution in [3.63, 3.8) is 0 Å². The molecule has 92 valence electrons. The van der Waals surface area contributed by atoms with E-state index in [1.54, 1.807) is 0 Å². The predicted octanol–water partition coefficient (Wildman–Crippen LogP) is 2.87. The van der Waals surface area contributed by atoms with Crippen LogP contribution in [0.2, 0.25) is 0 Å². The zero-order valence-corrected chi connectivity index (χ0v) is 10.7. The van der Waals surface area contributed by atoms with E-state index in [9.17, 15) is 4.79 Å². The zero-order valence-electron chi connectivity index (χ0n) is 10.7. The molecular formula is C14H25NO. The van der Waals surface area contributed by atoms with Crippen LogP contribution in [0.4, 0.5) is 0 Å². The molecule has 0 saturated heterocycles. The van der Waals surface area contributed by atoms with Crippen LogP contribution in [0.1, 0.15) is 52.4 Å². The second-order valence-corrected chi connectivity index (χ2v) is 6.24. The van der Waals surface area contributed by atoms with Crippen LogP contribution in [0.25, 0.3) is 0 Å². The zero-order chi connectivity index (χ0) is 11.6. The average Bonchev–Trinajstić information content (AvgIpc) is 2.99. The summed E-state index contributed by atoms with van der Waals surface area (Å²) in [5.74, 6) is 0.714. The lowest BCUT2D eigenvalue weighted by Gasteiger charge is -2.32. The number of nitrogens with zero attached hydrogens (tertiary/aromatic N) is 1. The third-order valence-electron chi connectivity index (χ3n) is 4.03. The van der Waals surface area contributed by atoms with Crippen LogP contribution >= 0.6 is 0 Å². The van der Waals surface area contributed by atoms with Gasteiger partial charge in [-0.3, -0.25) is 4.90 Å². The second kappa shape index (κ2) is 4.87. The van der Waals surface area contributed by atoms with E-state index in [4.69, 9.17) is 0 Å². The predicted molar refractivity (Wildman–Crippen MR) is 66.4 cm³/mol. The summed E-state index contributed by atoms with van der Waals surface area (Å²) < 4.78 is 0. The molecule has 0 atom stereocenters. The van der Waals surface area contributed by atoms with Gasteiger partial charge in [0.2, 0.25) is 0 Å². The molecule has 2 nitrogen and oxygen atoms in total. The molecule has 0 spiro atoms. The van der Waals surface area contributed by atoms with Crippen LogP contribution in [0.5, 0.6) is 0 Å². The van der Waals surface area contributed by atoms with Crippen LogP contribution in [-0.4, -0.2) is 30.3 Å². The lowest BCUT2D eigenvalue weighted by Crippen LogP contribution is -2.40. The van der Waals surface area contributed by atoms with Gasteiger partial charge < -0.3 is 4.79 Å². The summed E-state index contributed by atoms with van der Waals surface area (Å²) >= 11 is 0. The monoisotopic (exact) mass is 223 g/mol. The van der Waals surface area contributed by atoms with Crippen LogP contribution in [0.3, 0.4) is 0 Å². The number of aldehydes is 1. The van der Waals surface area contributed by atoms with Crippen molar-refractivity contribution in [2.45, 2.75) is 58.4 Å². The lowest BCUT2D eigenvalue weighted by molar-refractivity contribution is -0.117. The Hall–Kier alpha value is -0.370. The first-order chi connectivity index (χ1) is 7.65. The Kier molecular flexibility index (Phi) is 3.68. The minimum Gasteiger partial charge on any atom is -0.303 e. The quantitative estimate of drug-likeness (QED) is 0.645. The topological polar surface area (TPSA) is 20.3 Å². The highest BCUT2D eigenvalue weighted by Gasteiger charge is 2.39. The maximum atomic E-state index is 11.4. The minimum absolute atomic E-state index is 0.0114. The smallest absolute Gasteiger partial charge is 0.127 e. The van der Waals surface area contributed by atoms with Gasteiger partial charge in [0.25, 0.3) is 0 Å². The van der Waals surface area contributed by atoms with Crippen molar-refractivity contribution in [2.75, 3.05) is 13.1 Å². The molecule has 2 saturated carbocycles. The normalized spacial score (nSPS) is 24.2. The van der Waals surface area contributed by atoms with Crippen LogP contribution in [0, 0.1) is 11.3 Å². The van der Waals surface area contributed by atoms with E-state index >= 15 is 0 Å². The molecule has 16 heavy (non-hydrogen) atoms. The van der Waals surface area contributed by atoms with Gasteiger partial charge in [-0.25, -0.2) is 0 Å². The highest BCUT2D eigenvalue weighted by atomic mass is 16.1. The Labute approximate surface area is 99.4 Å². The fourth-order valence-electron chi connectivity index (χ4n) is 3.05. The molecule has 2 rings (SSSR count). The molecule has 2 fully saturated rings. The van der Waals surface area contributed by atoms with Crippen LogP contribution in [-0.2, 0) is 4.79 Å². The Morgan fingerprint density at radius 2 is 1.94 bits per heavy atom. The number of rotatable bonds is 6. The molecular weight excluding hydrogens is 198 g/mol. The largest absolute Gasteiger partial charge is 0.303 e. The van der Waals surface area contributed by atoms with E-state index in [1.807, 2.05) is 0 Å². The van der Waals surface area contributed by atoms with Crippen molar-refractivity contribution in [1.29, 1.82) is 0 Å². The molecule has 2 aliphatic carbocycles. The maximum Gasteiger partial charge on any atom is 0.127 e. The Balaban J connectivity index is 1.95. The van der Waals surface area contributed by atoms with E-state index in [-0.39, 0.29) is 5.41 Å². The van der Waals surface area contributed by atoms with Gasteiger partial charge in [0.15, 0.2) is 0 Å². The summed E-state index contributed by atoms with van der Waals surface area (Å²) in [6, 6.07) is 0.792. The maximum absolute atomic E-state index is 11.4. The summed E-state index contributed by atoms with van der Waals surface area (Å²) in [7, 11) is 0. The standard InChI is InChI=1S/C14H25NO/c1-12(2)9-15(13-5-6-13)10-14(11-16)7-3-4-8-14/h11-13H,3-10H2,1-2H3. The summed E-state index contributed by atoms with van der Waals surface area (Å²) in [5, 5.41) is 0. The Morgan fingerprint density at radius 1 is 1.31 bits per heavy atom. The summed E-state index contributed by atoms with van der Waals surface area (Å²) in [4.78, 5) is 14.0. The first-order valence-electron chi connectivity index (χ1n) is 6.86. The van der Waals surface area contributed by atoms with Gasteiger partial charge in [-0.2, -0.15) is 0 Å². The number of hydrogen-bond donors (Lipinski definition) is 0. The van der Waals surface area contributed by atoms with Gasteiger partial charge in [0, 0.05) is 24.5 Å². The first-order valence-corrected chi connectivity index (χ1v) is 6.86.